The van der Waals surface area contributed by atoms with Crippen molar-refractivity contribution in [3.05, 3.63) is 54.4 Å². The number of halogens is 1. The quantitative estimate of drug-likeness (QED) is 0.848. The highest BCUT2D eigenvalue weighted by atomic mass is 19.1. The molecule has 1 aliphatic carbocycles. The van der Waals surface area contributed by atoms with Crippen LogP contribution in [0.25, 0.3) is 0 Å². The Morgan fingerprint density at radius 1 is 1.38 bits per heavy atom. The van der Waals surface area contributed by atoms with E-state index in [1.54, 1.807) is 6.07 Å². The van der Waals surface area contributed by atoms with E-state index in [-0.39, 0.29) is 11.9 Å². The zero-order valence-electron chi connectivity index (χ0n) is 12.4. The molecule has 21 heavy (non-hydrogen) atoms. The molecule has 0 radical (unpaired) electrons. The largest absolute Gasteiger partial charge is 0.337 e. The summed E-state index contributed by atoms with van der Waals surface area (Å²) in [5.41, 5.74) is 1.15. The van der Waals surface area contributed by atoms with E-state index < -0.39 is 0 Å². The van der Waals surface area contributed by atoms with Gasteiger partial charge in [-0.3, -0.25) is 0 Å². The molecule has 3 rings (SSSR count). The third-order valence-electron chi connectivity index (χ3n) is 4.34. The second-order valence-electron chi connectivity index (χ2n) is 6.31. The SMILES string of the molecule is C[C@H](Cc1ccccc1F)NCC1(Cn2ccnc2)CC1. The second kappa shape index (κ2) is 5.98. The van der Waals surface area contributed by atoms with Gasteiger partial charge in [0.25, 0.3) is 0 Å². The number of nitrogens with zero attached hydrogens (tertiary/aromatic N) is 2. The van der Waals surface area contributed by atoms with Crippen molar-refractivity contribution in [3.8, 4) is 0 Å². The lowest BCUT2D eigenvalue weighted by molar-refractivity contribution is 0.369. The second-order valence-corrected chi connectivity index (χ2v) is 6.31. The van der Waals surface area contributed by atoms with Crippen LogP contribution < -0.4 is 5.32 Å². The maximum atomic E-state index is 13.7. The van der Waals surface area contributed by atoms with Gasteiger partial charge >= 0.3 is 0 Å². The van der Waals surface area contributed by atoms with E-state index in [4.69, 9.17) is 0 Å². The van der Waals surface area contributed by atoms with E-state index in [0.717, 1.165) is 25.1 Å². The molecule has 1 aromatic heterocycles. The molecule has 0 unspecified atom stereocenters. The first kappa shape index (κ1) is 14.3. The Bertz CT molecular complexity index is 575. The molecule has 1 N–H and O–H groups in total. The smallest absolute Gasteiger partial charge is 0.126 e. The van der Waals surface area contributed by atoms with E-state index in [2.05, 4.69) is 21.8 Å². The highest BCUT2D eigenvalue weighted by molar-refractivity contribution is 5.18. The number of benzene rings is 1. The van der Waals surface area contributed by atoms with Crippen LogP contribution in [0, 0.1) is 11.2 Å². The maximum absolute atomic E-state index is 13.7. The van der Waals surface area contributed by atoms with Crippen LogP contribution in [0.3, 0.4) is 0 Å². The summed E-state index contributed by atoms with van der Waals surface area (Å²) in [6.45, 7) is 4.13. The molecule has 1 saturated carbocycles. The molecule has 3 nitrogen and oxygen atoms in total. The molecule has 0 amide bonds. The summed E-state index contributed by atoms with van der Waals surface area (Å²) in [6, 6.07) is 7.31. The summed E-state index contributed by atoms with van der Waals surface area (Å²) in [7, 11) is 0. The minimum Gasteiger partial charge on any atom is -0.337 e. The first-order chi connectivity index (χ1) is 10.2. The summed E-state index contributed by atoms with van der Waals surface area (Å²) in [5.74, 6) is -0.106. The van der Waals surface area contributed by atoms with E-state index in [1.165, 1.54) is 18.9 Å². The summed E-state index contributed by atoms with van der Waals surface area (Å²) in [6.07, 6.45) is 8.96. The van der Waals surface area contributed by atoms with Crippen LogP contribution >= 0.6 is 0 Å². The molecule has 2 aromatic rings. The molecule has 0 bridgehead atoms. The first-order valence-electron chi connectivity index (χ1n) is 7.59. The van der Waals surface area contributed by atoms with Gasteiger partial charge in [-0.05, 0) is 37.8 Å². The third kappa shape index (κ3) is 3.70. The van der Waals surface area contributed by atoms with Crippen molar-refractivity contribution in [1.29, 1.82) is 0 Å². The fraction of sp³-hybridized carbons (Fsp3) is 0.471. The number of rotatable bonds is 7. The van der Waals surface area contributed by atoms with E-state index in [0.29, 0.717) is 5.41 Å². The molecular weight excluding hydrogens is 265 g/mol. The van der Waals surface area contributed by atoms with Crippen LogP contribution in [-0.4, -0.2) is 22.1 Å². The molecule has 1 aromatic carbocycles. The van der Waals surface area contributed by atoms with Crippen molar-refractivity contribution >= 4 is 0 Å². The van der Waals surface area contributed by atoms with E-state index in [1.807, 2.05) is 30.9 Å². The van der Waals surface area contributed by atoms with Crippen molar-refractivity contribution in [2.24, 2.45) is 5.41 Å². The lowest BCUT2D eigenvalue weighted by atomic mass is 10.0. The zero-order chi connectivity index (χ0) is 14.7. The van der Waals surface area contributed by atoms with Crippen molar-refractivity contribution in [1.82, 2.24) is 14.9 Å². The molecule has 0 saturated heterocycles. The molecule has 1 aliphatic rings. The highest BCUT2D eigenvalue weighted by Gasteiger charge is 2.42. The summed E-state index contributed by atoms with van der Waals surface area (Å²) in [5, 5.41) is 3.57. The van der Waals surface area contributed by atoms with Crippen molar-refractivity contribution < 1.29 is 4.39 Å². The Morgan fingerprint density at radius 2 is 2.19 bits per heavy atom. The van der Waals surface area contributed by atoms with Gasteiger partial charge in [-0.25, -0.2) is 9.37 Å². The van der Waals surface area contributed by atoms with Gasteiger partial charge in [-0.2, -0.15) is 0 Å². The molecule has 112 valence electrons. The number of nitrogens with one attached hydrogen (secondary N) is 1. The monoisotopic (exact) mass is 287 g/mol. The van der Waals surface area contributed by atoms with Crippen LogP contribution in [0.2, 0.25) is 0 Å². The van der Waals surface area contributed by atoms with Gasteiger partial charge in [0.15, 0.2) is 0 Å². The molecule has 1 fully saturated rings. The van der Waals surface area contributed by atoms with Crippen LogP contribution in [-0.2, 0) is 13.0 Å². The van der Waals surface area contributed by atoms with Gasteiger partial charge in [-0.15, -0.1) is 0 Å². The molecular formula is C17H22FN3. The standard InChI is InChI=1S/C17H22FN3/c1-14(10-15-4-2-3-5-16(15)18)20-11-17(6-7-17)12-21-9-8-19-13-21/h2-5,8-9,13-14,20H,6-7,10-12H2,1H3/t14-/m1/s1. The van der Waals surface area contributed by atoms with Crippen LogP contribution in [0.15, 0.2) is 43.0 Å². The van der Waals surface area contributed by atoms with Gasteiger partial charge in [0.05, 0.1) is 6.33 Å². The van der Waals surface area contributed by atoms with Crippen molar-refractivity contribution in [2.75, 3.05) is 6.54 Å². The van der Waals surface area contributed by atoms with Gasteiger partial charge in [0.1, 0.15) is 5.82 Å². The summed E-state index contributed by atoms with van der Waals surface area (Å²) < 4.78 is 15.8. The fourth-order valence-corrected chi connectivity index (χ4v) is 2.79. The minimum atomic E-state index is -0.106. The Kier molecular flexibility index (Phi) is 4.06. The summed E-state index contributed by atoms with van der Waals surface area (Å²) in [4.78, 5) is 4.10. The lowest BCUT2D eigenvalue weighted by Gasteiger charge is -2.20. The Balaban J connectivity index is 1.50. The van der Waals surface area contributed by atoms with Crippen LogP contribution in [0.1, 0.15) is 25.3 Å². The zero-order valence-corrected chi connectivity index (χ0v) is 12.4. The lowest BCUT2D eigenvalue weighted by Crippen LogP contribution is -2.35. The van der Waals surface area contributed by atoms with Crippen molar-refractivity contribution in [3.63, 3.8) is 0 Å². The van der Waals surface area contributed by atoms with E-state index >= 15 is 0 Å². The number of aromatic nitrogens is 2. The molecule has 1 heterocycles. The average Bonchev–Trinajstić information content (AvgIpc) is 3.04. The maximum Gasteiger partial charge on any atom is 0.126 e. The average molecular weight is 287 g/mol. The van der Waals surface area contributed by atoms with Gasteiger partial charge < -0.3 is 9.88 Å². The molecule has 1 atom stereocenters. The Hall–Kier alpha value is -1.68. The normalized spacial score (nSPS) is 17.6. The Morgan fingerprint density at radius 3 is 2.86 bits per heavy atom. The predicted molar refractivity (Wildman–Crippen MR) is 81.5 cm³/mol. The number of hydrogen-bond donors (Lipinski definition) is 1. The fourth-order valence-electron chi connectivity index (χ4n) is 2.79. The Labute approximate surface area is 125 Å². The molecule has 0 spiro atoms. The summed E-state index contributed by atoms with van der Waals surface area (Å²) >= 11 is 0. The third-order valence-corrected chi connectivity index (χ3v) is 4.34. The van der Waals surface area contributed by atoms with Crippen LogP contribution in [0.4, 0.5) is 4.39 Å². The van der Waals surface area contributed by atoms with Crippen LogP contribution in [0.5, 0.6) is 0 Å². The predicted octanol–water partition coefficient (Wildman–Crippen LogP) is 3.02. The van der Waals surface area contributed by atoms with Gasteiger partial charge in [-0.1, -0.05) is 18.2 Å². The van der Waals surface area contributed by atoms with Gasteiger partial charge in [0, 0.05) is 36.9 Å². The first-order valence-corrected chi connectivity index (χ1v) is 7.59. The highest BCUT2D eigenvalue weighted by Crippen LogP contribution is 2.46. The van der Waals surface area contributed by atoms with E-state index in [9.17, 15) is 4.39 Å². The molecule has 0 aliphatic heterocycles. The number of imidazole rings is 1. The molecule has 4 heteroatoms. The topological polar surface area (TPSA) is 29.9 Å². The van der Waals surface area contributed by atoms with Crippen molar-refractivity contribution in [2.45, 2.75) is 38.8 Å². The number of hydrogen-bond acceptors (Lipinski definition) is 2. The van der Waals surface area contributed by atoms with Gasteiger partial charge in [0.2, 0.25) is 0 Å². The minimum absolute atomic E-state index is 0.106.